The number of aryl methyl sites for hydroxylation is 2. The molecular formula is C26H27N5O2. The van der Waals surface area contributed by atoms with Crippen molar-refractivity contribution in [2.24, 2.45) is 0 Å². The Bertz CT molecular complexity index is 1260. The Morgan fingerprint density at radius 2 is 1.70 bits per heavy atom. The highest BCUT2D eigenvalue weighted by Crippen LogP contribution is 2.16. The van der Waals surface area contributed by atoms with Crippen LogP contribution in [0.3, 0.4) is 0 Å². The highest BCUT2D eigenvalue weighted by molar-refractivity contribution is 5.95. The van der Waals surface area contributed by atoms with Crippen LogP contribution in [0.15, 0.2) is 67.1 Å². The molecule has 0 spiro atoms. The van der Waals surface area contributed by atoms with Gasteiger partial charge in [-0.2, -0.15) is 0 Å². The maximum atomic E-state index is 12.7. The van der Waals surface area contributed by atoms with Gasteiger partial charge in [0.15, 0.2) is 0 Å². The monoisotopic (exact) mass is 441 g/mol. The van der Waals surface area contributed by atoms with Gasteiger partial charge in [-0.25, -0.2) is 4.98 Å². The number of nitrogens with zero attached hydrogens (tertiary/aromatic N) is 3. The molecule has 0 unspecified atom stereocenters. The van der Waals surface area contributed by atoms with Gasteiger partial charge in [-0.05, 0) is 73.7 Å². The number of hydrogen-bond donors (Lipinski definition) is 2. The predicted octanol–water partition coefficient (Wildman–Crippen LogP) is 4.09. The highest BCUT2D eigenvalue weighted by Gasteiger charge is 2.17. The van der Waals surface area contributed by atoms with Crippen LogP contribution in [0.2, 0.25) is 0 Å². The van der Waals surface area contributed by atoms with Crippen LogP contribution in [-0.4, -0.2) is 32.7 Å². The third-order valence-corrected chi connectivity index (χ3v) is 5.50. The summed E-state index contributed by atoms with van der Waals surface area (Å²) in [4.78, 5) is 33.5. The van der Waals surface area contributed by atoms with Crippen molar-refractivity contribution in [1.29, 1.82) is 0 Å². The van der Waals surface area contributed by atoms with Crippen LogP contribution in [-0.2, 0) is 11.2 Å². The van der Waals surface area contributed by atoms with Crippen molar-refractivity contribution < 1.29 is 9.59 Å². The maximum absolute atomic E-state index is 12.7. The largest absolute Gasteiger partial charge is 0.351 e. The van der Waals surface area contributed by atoms with E-state index < -0.39 is 0 Å². The summed E-state index contributed by atoms with van der Waals surface area (Å²) in [7, 11) is 0. The molecule has 2 amide bonds. The summed E-state index contributed by atoms with van der Waals surface area (Å²) in [5, 5.41) is 5.82. The number of carbonyl (C=O) groups excluding carboxylic acids is 2. The quantitative estimate of drug-likeness (QED) is 0.403. The van der Waals surface area contributed by atoms with Gasteiger partial charge in [-0.15, -0.1) is 0 Å². The summed E-state index contributed by atoms with van der Waals surface area (Å²) in [6.45, 7) is 4.21. The van der Waals surface area contributed by atoms with E-state index in [0.717, 1.165) is 23.3 Å². The summed E-state index contributed by atoms with van der Waals surface area (Å²) in [6.07, 6.45) is 7.10. The molecule has 3 aromatic heterocycles. The minimum absolute atomic E-state index is 0.0762. The Morgan fingerprint density at radius 1 is 0.970 bits per heavy atom. The van der Waals surface area contributed by atoms with Crippen molar-refractivity contribution in [3.8, 4) is 0 Å². The number of fused-ring (bicyclic) bond motifs is 1. The fourth-order valence-electron chi connectivity index (χ4n) is 3.79. The SMILES string of the molecule is Cc1nc2c(C)cccn2c1C(=O)NCCCC(=O)Nc1ccc(Cc2ccncc2)cc1. The van der Waals surface area contributed by atoms with Crippen molar-refractivity contribution >= 4 is 23.1 Å². The average Bonchev–Trinajstić information content (AvgIpc) is 3.16. The molecule has 0 aliphatic rings. The van der Waals surface area contributed by atoms with Crippen LogP contribution in [0.4, 0.5) is 5.69 Å². The maximum Gasteiger partial charge on any atom is 0.270 e. The molecule has 0 saturated carbocycles. The zero-order chi connectivity index (χ0) is 23.2. The lowest BCUT2D eigenvalue weighted by Crippen LogP contribution is -2.27. The number of hydrogen-bond acceptors (Lipinski definition) is 4. The van der Waals surface area contributed by atoms with E-state index in [1.165, 1.54) is 11.1 Å². The first-order chi connectivity index (χ1) is 16.0. The number of aromatic nitrogens is 3. The van der Waals surface area contributed by atoms with Crippen LogP contribution >= 0.6 is 0 Å². The molecule has 0 saturated heterocycles. The molecule has 4 aromatic rings. The van der Waals surface area contributed by atoms with Crippen LogP contribution in [0.5, 0.6) is 0 Å². The van der Waals surface area contributed by atoms with E-state index in [9.17, 15) is 9.59 Å². The molecule has 7 heteroatoms. The van der Waals surface area contributed by atoms with Gasteiger partial charge in [0.1, 0.15) is 11.3 Å². The van der Waals surface area contributed by atoms with Crippen molar-refractivity contribution in [3.05, 3.63) is 95.2 Å². The van der Waals surface area contributed by atoms with Crippen LogP contribution in [0, 0.1) is 13.8 Å². The number of nitrogens with one attached hydrogen (secondary N) is 2. The number of imidazole rings is 1. The zero-order valence-corrected chi connectivity index (χ0v) is 18.8. The van der Waals surface area contributed by atoms with E-state index in [2.05, 4.69) is 20.6 Å². The highest BCUT2D eigenvalue weighted by atomic mass is 16.2. The van der Waals surface area contributed by atoms with E-state index in [1.54, 1.807) is 12.4 Å². The van der Waals surface area contributed by atoms with Crippen molar-refractivity contribution in [3.63, 3.8) is 0 Å². The molecule has 33 heavy (non-hydrogen) atoms. The molecule has 2 N–H and O–H groups in total. The van der Waals surface area contributed by atoms with Crippen LogP contribution in [0.1, 0.15) is 45.7 Å². The molecule has 0 aliphatic carbocycles. The van der Waals surface area contributed by atoms with Gasteiger partial charge in [-0.3, -0.25) is 19.0 Å². The molecular weight excluding hydrogens is 414 g/mol. The third kappa shape index (κ3) is 5.44. The summed E-state index contributed by atoms with van der Waals surface area (Å²) in [5.41, 5.74) is 6.14. The van der Waals surface area contributed by atoms with Gasteiger partial charge >= 0.3 is 0 Å². The zero-order valence-electron chi connectivity index (χ0n) is 18.8. The first-order valence-corrected chi connectivity index (χ1v) is 11.0. The number of pyridine rings is 2. The average molecular weight is 442 g/mol. The number of benzene rings is 1. The van der Waals surface area contributed by atoms with Gasteiger partial charge in [0.2, 0.25) is 5.91 Å². The number of rotatable bonds is 8. The van der Waals surface area contributed by atoms with Gasteiger partial charge in [-0.1, -0.05) is 18.2 Å². The Hall–Kier alpha value is -4.00. The van der Waals surface area contributed by atoms with E-state index in [0.29, 0.717) is 30.8 Å². The fraction of sp³-hybridized carbons (Fsp3) is 0.231. The smallest absolute Gasteiger partial charge is 0.270 e. The number of carbonyl (C=O) groups is 2. The van der Waals surface area contributed by atoms with E-state index >= 15 is 0 Å². The normalized spacial score (nSPS) is 10.8. The molecule has 1 aromatic carbocycles. The van der Waals surface area contributed by atoms with Crippen molar-refractivity contribution in [2.45, 2.75) is 33.1 Å². The second-order valence-electron chi connectivity index (χ2n) is 8.07. The molecule has 7 nitrogen and oxygen atoms in total. The number of amides is 2. The van der Waals surface area contributed by atoms with Gasteiger partial charge < -0.3 is 10.6 Å². The molecule has 0 atom stereocenters. The Labute approximate surface area is 192 Å². The Morgan fingerprint density at radius 3 is 2.45 bits per heavy atom. The summed E-state index contributed by atoms with van der Waals surface area (Å²) in [6, 6.07) is 15.7. The van der Waals surface area contributed by atoms with Crippen molar-refractivity contribution in [1.82, 2.24) is 19.7 Å². The molecule has 0 fully saturated rings. The summed E-state index contributed by atoms with van der Waals surface area (Å²) < 4.78 is 1.81. The van der Waals surface area contributed by atoms with E-state index in [-0.39, 0.29) is 11.8 Å². The van der Waals surface area contributed by atoms with E-state index in [1.807, 2.05) is 73.0 Å². The lowest BCUT2D eigenvalue weighted by atomic mass is 10.1. The predicted molar refractivity (Wildman–Crippen MR) is 128 cm³/mol. The van der Waals surface area contributed by atoms with Crippen molar-refractivity contribution in [2.75, 3.05) is 11.9 Å². The molecule has 4 rings (SSSR count). The Balaban J connectivity index is 1.23. The Kier molecular flexibility index (Phi) is 6.78. The second kappa shape index (κ2) is 10.1. The first kappa shape index (κ1) is 22.2. The van der Waals surface area contributed by atoms with Gasteiger partial charge in [0.25, 0.3) is 5.91 Å². The van der Waals surface area contributed by atoms with Crippen LogP contribution < -0.4 is 10.6 Å². The molecule has 0 bridgehead atoms. The topological polar surface area (TPSA) is 88.4 Å². The summed E-state index contributed by atoms with van der Waals surface area (Å²) in [5.74, 6) is -0.261. The van der Waals surface area contributed by atoms with Gasteiger partial charge in [0.05, 0.1) is 5.69 Å². The van der Waals surface area contributed by atoms with E-state index in [4.69, 9.17) is 0 Å². The minimum Gasteiger partial charge on any atom is -0.351 e. The van der Waals surface area contributed by atoms with Crippen LogP contribution in [0.25, 0.3) is 5.65 Å². The minimum atomic E-state index is -0.184. The lowest BCUT2D eigenvalue weighted by Gasteiger charge is -2.08. The summed E-state index contributed by atoms with van der Waals surface area (Å²) >= 11 is 0. The lowest BCUT2D eigenvalue weighted by molar-refractivity contribution is -0.116. The van der Waals surface area contributed by atoms with Gasteiger partial charge in [0, 0.05) is 37.2 Å². The third-order valence-electron chi connectivity index (χ3n) is 5.50. The second-order valence-corrected chi connectivity index (χ2v) is 8.07. The fourth-order valence-corrected chi connectivity index (χ4v) is 3.79. The standard InChI is InChI=1S/C26H27N5O2/c1-18-5-4-16-31-24(19(2)29-25(18)31)26(33)28-13-3-6-23(32)30-22-9-7-20(8-10-22)17-21-11-14-27-15-12-21/h4-5,7-12,14-16H,3,6,13,17H2,1-2H3,(H,28,33)(H,30,32). The molecule has 0 radical (unpaired) electrons. The number of anilines is 1. The molecule has 3 heterocycles. The molecule has 168 valence electrons. The molecule has 0 aliphatic heterocycles. The first-order valence-electron chi connectivity index (χ1n) is 11.0.